The Balaban J connectivity index is 1.57. The molecule has 0 bridgehead atoms. The second-order valence-corrected chi connectivity index (χ2v) is 10.3. The number of nitrogens with one attached hydrogen (secondary N) is 1. The second-order valence-electron chi connectivity index (χ2n) is 10.3. The van der Waals surface area contributed by atoms with Crippen LogP contribution < -0.4 is 5.32 Å². The van der Waals surface area contributed by atoms with Gasteiger partial charge in [-0.15, -0.1) is 0 Å². The van der Waals surface area contributed by atoms with E-state index >= 15 is 0 Å². The van der Waals surface area contributed by atoms with Crippen molar-refractivity contribution in [2.24, 2.45) is 11.3 Å². The quantitative estimate of drug-likeness (QED) is 0.649. The zero-order chi connectivity index (χ0) is 23.3. The minimum Gasteiger partial charge on any atom is -0.353 e. The lowest BCUT2D eigenvalue weighted by molar-refractivity contribution is -0.134. The minimum atomic E-state index is -0.606. The summed E-state index contributed by atoms with van der Waals surface area (Å²) in [6.07, 6.45) is 11.7. The molecular formula is C28H37N3O2. The average Bonchev–Trinajstić information content (AvgIpc) is 3.26. The van der Waals surface area contributed by atoms with Crippen molar-refractivity contribution in [3.05, 3.63) is 54.4 Å². The van der Waals surface area contributed by atoms with E-state index in [0.717, 1.165) is 29.5 Å². The fourth-order valence-corrected chi connectivity index (χ4v) is 5.52. The number of hydrogen-bond acceptors (Lipinski definition) is 3. The highest BCUT2D eigenvalue weighted by molar-refractivity contribution is 5.86. The first-order valence-electron chi connectivity index (χ1n) is 12.5. The number of nitrogens with zero attached hydrogens (tertiary/aromatic N) is 2. The van der Waals surface area contributed by atoms with E-state index in [1.807, 2.05) is 43.1 Å². The van der Waals surface area contributed by atoms with Crippen molar-refractivity contribution in [1.29, 1.82) is 0 Å². The van der Waals surface area contributed by atoms with Gasteiger partial charge in [-0.25, -0.2) is 0 Å². The van der Waals surface area contributed by atoms with Crippen LogP contribution in [0.3, 0.4) is 0 Å². The van der Waals surface area contributed by atoms with Crippen LogP contribution in [0.15, 0.2) is 48.8 Å². The SMILES string of the molecule is CC(C)NC(=O)[C@]1(Cc2ccccc2-c2cccnc2)CCN(C(=O)CC2CCCCC2)C1. The number of carbonyl (C=O) groups is 2. The first-order valence-corrected chi connectivity index (χ1v) is 12.5. The van der Waals surface area contributed by atoms with Gasteiger partial charge in [-0.05, 0) is 62.6 Å². The van der Waals surface area contributed by atoms with Gasteiger partial charge in [-0.3, -0.25) is 14.6 Å². The summed E-state index contributed by atoms with van der Waals surface area (Å²) in [5.41, 5.74) is 2.68. The zero-order valence-corrected chi connectivity index (χ0v) is 20.1. The molecule has 1 aromatic heterocycles. The summed E-state index contributed by atoms with van der Waals surface area (Å²) < 4.78 is 0. The van der Waals surface area contributed by atoms with Gasteiger partial charge < -0.3 is 10.2 Å². The van der Waals surface area contributed by atoms with Crippen LogP contribution in [0.2, 0.25) is 0 Å². The predicted molar refractivity (Wildman–Crippen MR) is 131 cm³/mol. The van der Waals surface area contributed by atoms with E-state index in [0.29, 0.717) is 38.3 Å². The van der Waals surface area contributed by atoms with Gasteiger partial charge in [0, 0.05) is 43.5 Å². The van der Waals surface area contributed by atoms with Crippen LogP contribution in [0, 0.1) is 11.3 Å². The normalized spacial score (nSPS) is 21.4. The molecule has 5 heteroatoms. The van der Waals surface area contributed by atoms with Crippen molar-refractivity contribution in [2.75, 3.05) is 13.1 Å². The summed E-state index contributed by atoms with van der Waals surface area (Å²) in [5, 5.41) is 3.16. The number of pyridine rings is 1. The van der Waals surface area contributed by atoms with Crippen molar-refractivity contribution in [3.63, 3.8) is 0 Å². The fourth-order valence-electron chi connectivity index (χ4n) is 5.52. The maximum atomic E-state index is 13.5. The van der Waals surface area contributed by atoms with E-state index in [2.05, 4.69) is 28.5 Å². The Bertz CT molecular complexity index is 953. The third kappa shape index (κ3) is 5.63. The highest BCUT2D eigenvalue weighted by Gasteiger charge is 2.46. The Labute approximate surface area is 198 Å². The molecule has 1 aliphatic heterocycles. The Kier molecular flexibility index (Phi) is 7.46. The molecule has 1 atom stereocenters. The van der Waals surface area contributed by atoms with Crippen molar-refractivity contribution >= 4 is 11.8 Å². The van der Waals surface area contributed by atoms with Crippen LogP contribution in [0.4, 0.5) is 0 Å². The highest BCUT2D eigenvalue weighted by Crippen LogP contribution is 2.38. The molecule has 1 N–H and O–H groups in total. The largest absolute Gasteiger partial charge is 0.353 e. The lowest BCUT2D eigenvalue weighted by Crippen LogP contribution is -2.47. The molecule has 0 spiro atoms. The summed E-state index contributed by atoms with van der Waals surface area (Å²) >= 11 is 0. The Hall–Kier alpha value is -2.69. The molecule has 5 nitrogen and oxygen atoms in total. The maximum absolute atomic E-state index is 13.5. The van der Waals surface area contributed by atoms with E-state index in [4.69, 9.17) is 0 Å². The third-order valence-corrected chi connectivity index (χ3v) is 7.31. The number of carbonyl (C=O) groups excluding carboxylic acids is 2. The van der Waals surface area contributed by atoms with Crippen molar-refractivity contribution in [1.82, 2.24) is 15.2 Å². The summed E-state index contributed by atoms with van der Waals surface area (Å²) in [6.45, 7) is 5.15. The summed E-state index contributed by atoms with van der Waals surface area (Å²) in [6, 6.07) is 12.3. The van der Waals surface area contributed by atoms with Gasteiger partial charge in [0.2, 0.25) is 11.8 Å². The lowest BCUT2D eigenvalue weighted by atomic mass is 9.78. The molecule has 0 radical (unpaired) electrons. The van der Waals surface area contributed by atoms with E-state index < -0.39 is 5.41 Å². The standard InChI is InChI=1S/C28H37N3O2/c1-21(2)30-27(33)28(14-16-31(20-28)26(32)17-22-9-4-3-5-10-22)18-23-11-6-7-13-25(23)24-12-8-15-29-19-24/h6-8,11-13,15,19,21-22H,3-5,9-10,14,16-18,20H2,1-2H3,(H,30,33)/t28-/m0/s1. The van der Waals surface area contributed by atoms with Gasteiger partial charge >= 0.3 is 0 Å². The number of benzene rings is 1. The molecule has 2 heterocycles. The molecule has 176 valence electrons. The van der Waals surface area contributed by atoms with Gasteiger partial charge in [0.15, 0.2) is 0 Å². The van der Waals surface area contributed by atoms with Crippen LogP contribution in [-0.4, -0.2) is 40.8 Å². The maximum Gasteiger partial charge on any atom is 0.228 e. The molecule has 2 fully saturated rings. The Morgan fingerprint density at radius 3 is 2.64 bits per heavy atom. The van der Waals surface area contributed by atoms with Gasteiger partial charge in [-0.2, -0.15) is 0 Å². The van der Waals surface area contributed by atoms with E-state index in [-0.39, 0.29) is 17.9 Å². The molecule has 2 aromatic rings. The zero-order valence-electron chi connectivity index (χ0n) is 20.1. The van der Waals surface area contributed by atoms with Crippen LogP contribution in [0.5, 0.6) is 0 Å². The number of likely N-dealkylation sites (tertiary alicyclic amines) is 1. The van der Waals surface area contributed by atoms with Crippen molar-refractivity contribution < 1.29 is 9.59 Å². The third-order valence-electron chi connectivity index (χ3n) is 7.31. The average molecular weight is 448 g/mol. The fraction of sp³-hybridized carbons (Fsp3) is 0.536. The van der Waals surface area contributed by atoms with Crippen LogP contribution in [-0.2, 0) is 16.0 Å². The Morgan fingerprint density at radius 2 is 1.91 bits per heavy atom. The first-order chi connectivity index (χ1) is 16.0. The number of hydrogen-bond donors (Lipinski definition) is 1. The van der Waals surface area contributed by atoms with Crippen LogP contribution >= 0.6 is 0 Å². The number of aromatic nitrogens is 1. The van der Waals surface area contributed by atoms with Gasteiger partial charge in [0.1, 0.15) is 0 Å². The first kappa shape index (κ1) is 23.5. The summed E-state index contributed by atoms with van der Waals surface area (Å²) in [5.74, 6) is 0.796. The molecule has 1 saturated heterocycles. The van der Waals surface area contributed by atoms with Gasteiger partial charge in [0.25, 0.3) is 0 Å². The van der Waals surface area contributed by atoms with Crippen molar-refractivity contribution in [3.8, 4) is 11.1 Å². The van der Waals surface area contributed by atoms with E-state index in [1.54, 1.807) is 6.20 Å². The second kappa shape index (κ2) is 10.5. The van der Waals surface area contributed by atoms with Crippen LogP contribution in [0.1, 0.15) is 64.4 Å². The molecule has 4 rings (SSSR count). The van der Waals surface area contributed by atoms with Gasteiger partial charge in [0.05, 0.1) is 5.41 Å². The van der Waals surface area contributed by atoms with E-state index in [1.165, 1.54) is 19.3 Å². The topological polar surface area (TPSA) is 62.3 Å². The van der Waals surface area contributed by atoms with E-state index in [9.17, 15) is 9.59 Å². The molecule has 2 aliphatic rings. The molecule has 2 amide bonds. The molecule has 1 saturated carbocycles. The molecule has 1 aromatic carbocycles. The lowest BCUT2D eigenvalue weighted by Gasteiger charge is -2.31. The minimum absolute atomic E-state index is 0.0615. The smallest absolute Gasteiger partial charge is 0.228 e. The monoisotopic (exact) mass is 447 g/mol. The van der Waals surface area contributed by atoms with Crippen LogP contribution in [0.25, 0.3) is 11.1 Å². The molecule has 33 heavy (non-hydrogen) atoms. The highest BCUT2D eigenvalue weighted by atomic mass is 16.2. The molecule has 0 unspecified atom stereocenters. The Morgan fingerprint density at radius 1 is 1.12 bits per heavy atom. The molecular weight excluding hydrogens is 410 g/mol. The summed E-state index contributed by atoms with van der Waals surface area (Å²) in [4.78, 5) is 32.9. The molecule has 1 aliphatic carbocycles. The number of amides is 2. The predicted octanol–water partition coefficient (Wildman–Crippen LogP) is 5.00. The van der Waals surface area contributed by atoms with Crippen molar-refractivity contribution in [2.45, 2.75) is 71.3 Å². The van der Waals surface area contributed by atoms with Gasteiger partial charge in [-0.1, -0.05) is 49.6 Å². The summed E-state index contributed by atoms with van der Waals surface area (Å²) in [7, 11) is 0. The number of rotatable bonds is 7.